The molecule has 0 amide bonds. The SMILES string of the molecule is C[C@@H]1CNC[C@@H](O)[C@H](O)[C@H]1O. The zero-order valence-corrected chi connectivity index (χ0v) is 6.57. The van der Waals surface area contributed by atoms with Gasteiger partial charge in [-0.05, 0) is 5.92 Å². The van der Waals surface area contributed by atoms with Crippen LogP contribution in [0.15, 0.2) is 0 Å². The normalized spacial score (nSPS) is 46.9. The van der Waals surface area contributed by atoms with Crippen LogP contribution in [0.1, 0.15) is 6.92 Å². The Kier molecular flexibility index (Phi) is 2.84. The summed E-state index contributed by atoms with van der Waals surface area (Å²) in [7, 11) is 0. The Hall–Kier alpha value is -0.160. The van der Waals surface area contributed by atoms with Crippen LogP contribution in [0.5, 0.6) is 0 Å². The van der Waals surface area contributed by atoms with Crippen LogP contribution in [0.2, 0.25) is 0 Å². The number of rotatable bonds is 0. The molecule has 0 aromatic heterocycles. The van der Waals surface area contributed by atoms with Crippen LogP contribution in [0.3, 0.4) is 0 Å². The maximum atomic E-state index is 9.35. The lowest BCUT2D eigenvalue weighted by atomic mass is 9.99. The molecule has 0 aromatic carbocycles. The van der Waals surface area contributed by atoms with Crippen LogP contribution in [0.4, 0.5) is 0 Å². The van der Waals surface area contributed by atoms with Crippen molar-refractivity contribution in [1.82, 2.24) is 5.32 Å². The smallest absolute Gasteiger partial charge is 0.107 e. The third-order valence-corrected chi connectivity index (χ3v) is 2.15. The van der Waals surface area contributed by atoms with E-state index in [1.165, 1.54) is 0 Å². The van der Waals surface area contributed by atoms with Gasteiger partial charge in [0.05, 0.1) is 12.2 Å². The van der Waals surface area contributed by atoms with E-state index in [1.807, 2.05) is 6.92 Å². The zero-order valence-electron chi connectivity index (χ0n) is 6.57. The highest BCUT2D eigenvalue weighted by atomic mass is 16.4. The molecule has 0 saturated carbocycles. The summed E-state index contributed by atoms with van der Waals surface area (Å²) in [5, 5.41) is 30.7. The molecule has 66 valence electrons. The lowest BCUT2D eigenvalue weighted by molar-refractivity contribution is -0.0647. The van der Waals surface area contributed by atoms with Gasteiger partial charge in [0.2, 0.25) is 0 Å². The summed E-state index contributed by atoms with van der Waals surface area (Å²) >= 11 is 0. The van der Waals surface area contributed by atoms with E-state index in [4.69, 9.17) is 0 Å². The quantitative estimate of drug-likeness (QED) is 0.342. The van der Waals surface area contributed by atoms with E-state index in [9.17, 15) is 15.3 Å². The van der Waals surface area contributed by atoms with Crippen LogP contribution in [-0.2, 0) is 0 Å². The predicted molar refractivity (Wildman–Crippen MR) is 40.1 cm³/mol. The molecule has 4 heteroatoms. The summed E-state index contributed by atoms with van der Waals surface area (Å²) in [6, 6.07) is 0. The van der Waals surface area contributed by atoms with Crippen molar-refractivity contribution in [3.8, 4) is 0 Å². The second-order valence-corrected chi connectivity index (χ2v) is 3.18. The molecule has 1 aliphatic rings. The first kappa shape index (κ1) is 8.93. The summed E-state index contributed by atoms with van der Waals surface area (Å²) in [5.74, 6) is -0.0119. The van der Waals surface area contributed by atoms with Gasteiger partial charge in [0.15, 0.2) is 0 Å². The Morgan fingerprint density at radius 1 is 1.09 bits per heavy atom. The minimum Gasteiger partial charge on any atom is -0.390 e. The fourth-order valence-electron chi connectivity index (χ4n) is 1.26. The molecule has 0 radical (unpaired) electrons. The van der Waals surface area contributed by atoms with Crippen molar-refractivity contribution in [1.29, 1.82) is 0 Å². The molecule has 1 aliphatic heterocycles. The summed E-state index contributed by atoms with van der Waals surface area (Å²) in [6.45, 7) is 2.82. The average Bonchev–Trinajstić information content (AvgIpc) is 2.07. The molecule has 0 bridgehead atoms. The molecular formula is C7H15NO3. The van der Waals surface area contributed by atoms with Gasteiger partial charge >= 0.3 is 0 Å². The van der Waals surface area contributed by atoms with E-state index in [-0.39, 0.29) is 5.92 Å². The summed E-state index contributed by atoms with van der Waals surface area (Å²) in [4.78, 5) is 0. The molecule has 4 N–H and O–H groups in total. The number of aliphatic hydroxyl groups excluding tert-OH is 3. The molecule has 0 unspecified atom stereocenters. The minimum atomic E-state index is -1.01. The highest BCUT2D eigenvalue weighted by Crippen LogP contribution is 2.12. The number of nitrogens with one attached hydrogen (secondary N) is 1. The average molecular weight is 161 g/mol. The summed E-state index contributed by atoms with van der Waals surface area (Å²) in [6.07, 6.45) is -2.69. The number of aliphatic hydroxyl groups is 3. The maximum absolute atomic E-state index is 9.35. The van der Waals surface area contributed by atoms with Crippen LogP contribution in [0, 0.1) is 5.92 Å². The lowest BCUT2D eigenvalue weighted by Gasteiger charge is -2.21. The first-order valence-electron chi connectivity index (χ1n) is 3.88. The van der Waals surface area contributed by atoms with Gasteiger partial charge in [0.1, 0.15) is 6.10 Å². The molecule has 11 heavy (non-hydrogen) atoms. The fraction of sp³-hybridized carbons (Fsp3) is 1.00. The Balaban J connectivity index is 2.58. The van der Waals surface area contributed by atoms with Gasteiger partial charge in [-0.25, -0.2) is 0 Å². The van der Waals surface area contributed by atoms with E-state index in [1.54, 1.807) is 0 Å². The van der Waals surface area contributed by atoms with Gasteiger partial charge in [0, 0.05) is 13.1 Å². The zero-order chi connectivity index (χ0) is 8.43. The maximum Gasteiger partial charge on any atom is 0.107 e. The van der Waals surface area contributed by atoms with Crippen LogP contribution in [-0.4, -0.2) is 46.7 Å². The number of hydrogen-bond acceptors (Lipinski definition) is 4. The van der Waals surface area contributed by atoms with Crippen molar-refractivity contribution in [2.24, 2.45) is 5.92 Å². The third kappa shape index (κ3) is 1.90. The molecular weight excluding hydrogens is 146 g/mol. The van der Waals surface area contributed by atoms with Crippen molar-refractivity contribution in [2.45, 2.75) is 25.2 Å². The van der Waals surface area contributed by atoms with Crippen LogP contribution in [0.25, 0.3) is 0 Å². The van der Waals surface area contributed by atoms with Crippen molar-refractivity contribution in [2.75, 3.05) is 13.1 Å². The van der Waals surface area contributed by atoms with E-state index in [2.05, 4.69) is 5.32 Å². The summed E-state index contributed by atoms with van der Waals surface area (Å²) < 4.78 is 0. The fourth-order valence-corrected chi connectivity index (χ4v) is 1.26. The van der Waals surface area contributed by atoms with Crippen molar-refractivity contribution in [3.05, 3.63) is 0 Å². The van der Waals surface area contributed by atoms with Gasteiger partial charge in [0.25, 0.3) is 0 Å². The standard InChI is InChI=1S/C7H15NO3/c1-4-2-8-3-5(9)7(11)6(4)10/h4-11H,2-3H2,1H3/t4-,5-,6+,7+/m1/s1. The highest BCUT2D eigenvalue weighted by molar-refractivity contribution is 4.84. The molecule has 1 rings (SSSR count). The number of β-amino-alcohol motifs (C(OH)–C–C–N with tert-alkyl or cyclic N) is 1. The van der Waals surface area contributed by atoms with Gasteiger partial charge in [-0.2, -0.15) is 0 Å². The molecule has 0 spiro atoms. The molecule has 0 aliphatic carbocycles. The third-order valence-electron chi connectivity index (χ3n) is 2.15. The highest BCUT2D eigenvalue weighted by Gasteiger charge is 2.31. The second kappa shape index (κ2) is 3.49. The van der Waals surface area contributed by atoms with Crippen LogP contribution < -0.4 is 5.32 Å². The van der Waals surface area contributed by atoms with Gasteiger partial charge in [-0.1, -0.05) is 6.92 Å². The van der Waals surface area contributed by atoms with E-state index >= 15 is 0 Å². The van der Waals surface area contributed by atoms with Crippen molar-refractivity contribution >= 4 is 0 Å². The Morgan fingerprint density at radius 2 is 1.73 bits per heavy atom. The minimum absolute atomic E-state index is 0.0119. The number of hydrogen-bond donors (Lipinski definition) is 4. The van der Waals surface area contributed by atoms with Crippen molar-refractivity contribution in [3.63, 3.8) is 0 Å². The van der Waals surface area contributed by atoms with E-state index < -0.39 is 18.3 Å². The van der Waals surface area contributed by atoms with Gasteiger partial charge < -0.3 is 20.6 Å². The molecule has 0 aromatic rings. The molecule has 1 saturated heterocycles. The summed E-state index contributed by atoms with van der Waals surface area (Å²) in [5.41, 5.74) is 0. The Bertz CT molecular complexity index is 117. The first-order chi connectivity index (χ1) is 5.13. The van der Waals surface area contributed by atoms with E-state index in [0.717, 1.165) is 0 Å². The second-order valence-electron chi connectivity index (χ2n) is 3.18. The first-order valence-corrected chi connectivity index (χ1v) is 3.88. The monoisotopic (exact) mass is 161 g/mol. The van der Waals surface area contributed by atoms with Crippen molar-refractivity contribution < 1.29 is 15.3 Å². The molecule has 1 fully saturated rings. The Labute approximate surface area is 65.9 Å². The van der Waals surface area contributed by atoms with Gasteiger partial charge in [-0.15, -0.1) is 0 Å². The molecule has 4 atom stereocenters. The molecule has 1 heterocycles. The molecule has 4 nitrogen and oxygen atoms in total. The van der Waals surface area contributed by atoms with E-state index in [0.29, 0.717) is 13.1 Å². The largest absolute Gasteiger partial charge is 0.390 e. The van der Waals surface area contributed by atoms with Crippen LogP contribution >= 0.6 is 0 Å². The lowest BCUT2D eigenvalue weighted by Crippen LogP contribution is -2.40. The Morgan fingerprint density at radius 3 is 2.36 bits per heavy atom. The van der Waals surface area contributed by atoms with Gasteiger partial charge in [-0.3, -0.25) is 0 Å². The predicted octanol–water partition coefficient (Wildman–Crippen LogP) is -1.69. The topological polar surface area (TPSA) is 72.7 Å².